The second-order valence-corrected chi connectivity index (χ2v) is 16.1. The summed E-state index contributed by atoms with van der Waals surface area (Å²) < 4.78 is 76.5. The van der Waals surface area contributed by atoms with Crippen LogP contribution in [0, 0.1) is 33.9 Å². The maximum absolute atomic E-state index is 8.78. The molecule has 0 amide bonds. The third kappa shape index (κ3) is 8.01. The van der Waals surface area contributed by atoms with Crippen molar-refractivity contribution >= 4 is 11.0 Å². The third-order valence-electron chi connectivity index (χ3n) is 10.9. The van der Waals surface area contributed by atoms with E-state index >= 15 is 0 Å². The minimum Gasteiger partial charge on any atom is -0.665 e. The Morgan fingerprint density at radius 1 is 0.672 bits per heavy atom. The van der Waals surface area contributed by atoms with Crippen LogP contribution < -0.4 is 4.74 Å². The quantitative estimate of drug-likeness (QED) is 0.142. The summed E-state index contributed by atoms with van der Waals surface area (Å²) in [6, 6.07) is 42.4. The Kier molecular flexibility index (Phi) is 9.01. The van der Waals surface area contributed by atoms with Crippen molar-refractivity contribution in [3.63, 3.8) is 0 Å². The zero-order valence-electron chi connectivity index (χ0n) is 42.5. The molecule has 0 saturated heterocycles. The summed E-state index contributed by atoms with van der Waals surface area (Å²) in [7, 11) is 3.87. The second kappa shape index (κ2) is 17.0. The molecular weight excluding hydrogens is 926 g/mol. The maximum atomic E-state index is 8.78. The van der Waals surface area contributed by atoms with Gasteiger partial charge in [-0.05, 0) is 101 Å². The standard InChI is InChI=1S/C56H47N3O.Pt/c1-36-28-38(3)54(60-7)49(29-36)55-58-53-46(43-31-44(33-45(32-43)56(4,5)6)50-34-42(26-27-57-50)39-18-11-8-12-19-39)24-17-25-51(53)59(55)52-35-47(40-20-13-9-14-21-40)37(2)30-48(52)41-22-15-10-16-23-41;/h8-30,32-35H,7H2,1-6H3;/q-2;+2/i2D3,8D,11D,12D,18D,19D;. The second-order valence-electron chi connectivity index (χ2n) is 16.1. The first-order valence-corrected chi connectivity index (χ1v) is 19.8. The predicted octanol–water partition coefficient (Wildman–Crippen LogP) is 14.6. The van der Waals surface area contributed by atoms with E-state index in [1.165, 1.54) is 0 Å². The average Bonchev–Trinajstić information content (AvgIpc) is 3.72. The van der Waals surface area contributed by atoms with Gasteiger partial charge in [0.25, 0.3) is 0 Å². The minimum atomic E-state index is -2.45. The average molecular weight is 981 g/mol. The first-order chi connectivity index (χ1) is 32.3. The molecule has 302 valence electrons. The van der Waals surface area contributed by atoms with Gasteiger partial charge in [0.15, 0.2) is 0 Å². The van der Waals surface area contributed by atoms with Crippen LogP contribution in [0.2, 0.25) is 0 Å². The number of rotatable bonds is 8. The molecular formula is C56H47N3OPt. The first-order valence-electron chi connectivity index (χ1n) is 23.8. The molecule has 0 saturated carbocycles. The number of imidazole rings is 1. The van der Waals surface area contributed by atoms with Gasteiger partial charge >= 0.3 is 21.1 Å². The maximum Gasteiger partial charge on any atom is 2.00 e. The first kappa shape index (κ1) is 32.4. The smallest absolute Gasteiger partial charge is 0.665 e. The summed E-state index contributed by atoms with van der Waals surface area (Å²) in [4.78, 5) is 10.3. The van der Waals surface area contributed by atoms with E-state index in [0.717, 1.165) is 44.5 Å². The molecule has 0 aliphatic rings. The van der Waals surface area contributed by atoms with Crippen molar-refractivity contribution in [1.29, 1.82) is 0 Å². The monoisotopic (exact) mass is 980 g/mol. The van der Waals surface area contributed by atoms with Gasteiger partial charge in [-0.15, -0.1) is 29.3 Å². The summed E-state index contributed by atoms with van der Waals surface area (Å²) in [5.74, 6) is 1.10. The Morgan fingerprint density at radius 3 is 2.07 bits per heavy atom. The number of nitrogens with zero attached hydrogens (tertiary/aromatic N) is 3. The number of hydrogen-bond donors (Lipinski definition) is 0. The molecule has 0 N–H and O–H groups in total. The van der Waals surface area contributed by atoms with Gasteiger partial charge in [-0.25, -0.2) is 4.98 Å². The number of fused-ring (bicyclic) bond motifs is 1. The van der Waals surface area contributed by atoms with Crippen LogP contribution in [-0.2, 0) is 26.5 Å². The van der Waals surface area contributed by atoms with E-state index in [-0.39, 0.29) is 49.7 Å². The molecule has 61 heavy (non-hydrogen) atoms. The van der Waals surface area contributed by atoms with Gasteiger partial charge in [-0.1, -0.05) is 147 Å². The van der Waals surface area contributed by atoms with Crippen molar-refractivity contribution < 1.29 is 36.8 Å². The molecule has 4 nitrogen and oxygen atoms in total. The fourth-order valence-electron chi connectivity index (χ4n) is 7.95. The Morgan fingerprint density at radius 2 is 1.38 bits per heavy atom. The fourth-order valence-corrected chi connectivity index (χ4v) is 7.95. The molecule has 7 aromatic carbocycles. The normalized spacial score (nSPS) is 13.5. The zero-order chi connectivity index (χ0) is 48.4. The van der Waals surface area contributed by atoms with Crippen molar-refractivity contribution in [2.24, 2.45) is 0 Å². The zero-order valence-corrected chi connectivity index (χ0v) is 36.7. The largest absolute Gasteiger partial charge is 2.00 e. The molecule has 0 fully saturated rings. The van der Waals surface area contributed by atoms with Gasteiger partial charge in [0.05, 0.1) is 34.9 Å². The van der Waals surface area contributed by atoms with E-state index in [0.29, 0.717) is 56.3 Å². The summed E-state index contributed by atoms with van der Waals surface area (Å²) in [6.45, 7) is 7.91. The molecule has 0 unspecified atom stereocenters. The Bertz CT molecular complexity index is 3410. The summed E-state index contributed by atoms with van der Waals surface area (Å²) in [5, 5.41) is 0. The van der Waals surface area contributed by atoms with E-state index in [2.05, 4.69) is 44.6 Å². The number of hydrogen-bond acceptors (Lipinski definition) is 3. The van der Waals surface area contributed by atoms with Crippen molar-refractivity contribution in [2.75, 3.05) is 0 Å². The van der Waals surface area contributed by atoms with Gasteiger partial charge in [0.2, 0.25) is 0 Å². The van der Waals surface area contributed by atoms with E-state index in [9.17, 15) is 0 Å². The minimum absolute atomic E-state index is 0. The Balaban J connectivity index is 0.00000642. The SMILES string of the molecule is [2H]c1c([2H])c([2H])c(-c2ccnc(-c3[c-]c(-c4cccc5c4nc(-c4cc(C)cc(C)c4O[CH2-])n5-c4cc(-c5ccccc5)c(C([2H])([2H])[2H])cc4-c4ccccc4)cc(C(C)(C)C)c3)c2)c([2H])c1[2H].[Pt+2]. The van der Waals surface area contributed by atoms with Crippen LogP contribution in [0.3, 0.4) is 0 Å². The number of para-hydroxylation sites is 1. The Labute approximate surface area is 385 Å². The molecule has 0 radical (unpaired) electrons. The van der Waals surface area contributed by atoms with Gasteiger partial charge in [0, 0.05) is 21.6 Å². The van der Waals surface area contributed by atoms with Crippen LogP contribution in [0.1, 0.15) is 54.0 Å². The van der Waals surface area contributed by atoms with Crippen molar-refractivity contribution in [2.45, 2.75) is 46.9 Å². The van der Waals surface area contributed by atoms with Crippen LogP contribution >= 0.6 is 0 Å². The van der Waals surface area contributed by atoms with E-state index in [1.54, 1.807) is 24.4 Å². The van der Waals surface area contributed by atoms with E-state index in [1.807, 2.05) is 117 Å². The number of benzene rings is 7. The number of aromatic nitrogens is 3. The van der Waals surface area contributed by atoms with Gasteiger partial charge < -0.3 is 4.74 Å². The molecule has 2 aromatic heterocycles. The molecule has 0 bridgehead atoms. The summed E-state index contributed by atoms with van der Waals surface area (Å²) in [5.41, 5.74) is 11.5. The predicted molar refractivity (Wildman–Crippen MR) is 249 cm³/mol. The molecule has 0 atom stereocenters. The van der Waals surface area contributed by atoms with Crippen molar-refractivity contribution in [3.05, 3.63) is 199 Å². The summed E-state index contributed by atoms with van der Waals surface area (Å²) >= 11 is 0. The number of aryl methyl sites for hydroxylation is 3. The molecule has 0 aliphatic carbocycles. The van der Waals surface area contributed by atoms with Crippen LogP contribution in [0.4, 0.5) is 0 Å². The third-order valence-corrected chi connectivity index (χ3v) is 10.9. The van der Waals surface area contributed by atoms with Crippen LogP contribution in [0.25, 0.3) is 83.9 Å². The van der Waals surface area contributed by atoms with Crippen LogP contribution in [0.5, 0.6) is 5.75 Å². The summed E-state index contributed by atoms with van der Waals surface area (Å²) in [6.07, 6.45) is 1.58. The fraction of sp³-hybridized carbons (Fsp3) is 0.125. The molecule has 0 spiro atoms. The molecule has 9 rings (SSSR count). The topological polar surface area (TPSA) is 39.9 Å². The van der Waals surface area contributed by atoms with Crippen molar-refractivity contribution in [1.82, 2.24) is 14.5 Å². The van der Waals surface area contributed by atoms with E-state index < -0.39 is 25.0 Å². The van der Waals surface area contributed by atoms with Gasteiger partial charge in [-0.3, -0.25) is 9.55 Å². The van der Waals surface area contributed by atoms with Crippen molar-refractivity contribution in [3.8, 4) is 78.6 Å². The van der Waals surface area contributed by atoms with Crippen LogP contribution in [-0.4, -0.2) is 14.5 Å². The number of ether oxygens (including phenoxy) is 1. The molecule has 5 heteroatoms. The molecule has 9 aromatic rings. The molecule has 0 aliphatic heterocycles. The number of pyridine rings is 1. The van der Waals surface area contributed by atoms with Gasteiger partial charge in [-0.2, -0.15) is 7.11 Å². The van der Waals surface area contributed by atoms with Crippen LogP contribution in [0.15, 0.2) is 164 Å². The Hall–Kier alpha value is -6.35. The van der Waals surface area contributed by atoms with E-state index in [4.69, 9.17) is 25.7 Å². The van der Waals surface area contributed by atoms with Gasteiger partial charge in [0.1, 0.15) is 5.82 Å². The molecule has 2 heterocycles.